The average molecular weight is 397 g/mol. The van der Waals surface area contributed by atoms with E-state index in [4.69, 9.17) is 9.47 Å². The van der Waals surface area contributed by atoms with Crippen LogP contribution in [0.15, 0.2) is 12.1 Å². The molecule has 0 aliphatic heterocycles. The molecule has 1 unspecified atom stereocenters. The standard InChI is InChI=1S/C20H33N3O5/c1-7-21-19(25)15(20(26)22-9-10-23(3,4)8-2)11-14-12-16(27-5)18(24)17(13-14)28-6/h12-13,15H,7-11H2,1-6H3,(H2-,21,22,24,25,26)/p+1. The van der Waals surface area contributed by atoms with Gasteiger partial charge in [0, 0.05) is 6.54 Å². The highest BCUT2D eigenvalue weighted by Gasteiger charge is 2.28. The van der Waals surface area contributed by atoms with Crippen molar-refractivity contribution in [3.05, 3.63) is 17.7 Å². The number of nitrogens with one attached hydrogen (secondary N) is 2. The summed E-state index contributed by atoms with van der Waals surface area (Å²) in [5.74, 6) is -1.22. The van der Waals surface area contributed by atoms with E-state index in [1.54, 1.807) is 19.1 Å². The van der Waals surface area contributed by atoms with Crippen molar-refractivity contribution in [2.24, 2.45) is 5.92 Å². The third kappa shape index (κ3) is 6.60. The highest BCUT2D eigenvalue weighted by molar-refractivity contribution is 6.00. The van der Waals surface area contributed by atoms with Crippen LogP contribution < -0.4 is 20.1 Å². The Morgan fingerprint density at radius 3 is 2.07 bits per heavy atom. The van der Waals surface area contributed by atoms with Gasteiger partial charge >= 0.3 is 0 Å². The number of rotatable bonds is 11. The highest BCUT2D eigenvalue weighted by Crippen LogP contribution is 2.37. The number of carbonyl (C=O) groups excluding carboxylic acids is 2. The van der Waals surface area contributed by atoms with Crippen LogP contribution in [0.25, 0.3) is 0 Å². The van der Waals surface area contributed by atoms with Crippen molar-refractivity contribution in [3.8, 4) is 17.2 Å². The number of quaternary nitrogens is 1. The van der Waals surface area contributed by atoms with Crippen molar-refractivity contribution >= 4 is 11.8 Å². The van der Waals surface area contributed by atoms with Crippen molar-refractivity contribution in [2.75, 3.05) is 54.5 Å². The number of phenols is 1. The first kappa shape index (κ1) is 23.6. The molecule has 8 heteroatoms. The summed E-state index contributed by atoms with van der Waals surface area (Å²) in [6.07, 6.45) is 0.163. The lowest BCUT2D eigenvalue weighted by molar-refractivity contribution is -0.887. The molecule has 158 valence electrons. The van der Waals surface area contributed by atoms with Crippen LogP contribution in [0.1, 0.15) is 19.4 Å². The summed E-state index contributed by atoms with van der Waals surface area (Å²) in [7, 11) is 7.03. The maximum absolute atomic E-state index is 12.7. The molecule has 1 aromatic rings. The second-order valence-corrected chi connectivity index (χ2v) is 7.27. The van der Waals surface area contributed by atoms with Gasteiger partial charge in [-0.15, -0.1) is 0 Å². The predicted molar refractivity (Wildman–Crippen MR) is 108 cm³/mol. The van der Waals surface area contributed by atoms with E-state index in [0.29, 0.717) is 18.7 Å². The summed E-state index contributed by atoms with van der Waals surface area (Å²) in [5, 5.41) is 15.6. The van der Waals surface area contributed by atoms with E-state index in [9.17, 15) is 14.7 Å². The Bertz CT molecular complexity index is 651. The molecule has 0 radical (unpaired) electrons. The quantitative estimate of drug-likeness (QED) is 0.382. The Balaban J connectivity index is 2.99. The number of hydrogen-bond donors (Lipinski definition) is 3. The summed E-state index contributed by atoms with van der Waals surface area (Å²) >= 11 is 0. The van der Waals surface area contributed by atoms with Gasteiger partial charge in [-0.1, -0.05) is 0 Å². The van der Waals surface area contributed by atoms with Crippen LogP contribution in [-0.4, -0.2) is 75.9 Å². The fourth-order valence-corrected chi connectivity index (χ4v) is 2.67. The molecule has 1 atom stereocenters. The van der Waals surface area contributed by atoms with Gasteiger partial charge in [0.25, 0.3) is 0 Å². The normalized spacial score (nSPS) is 12.2. The SMILES string of the molecule is CCNC(=O)C(Cc1cc(OC)c(O)c(OC)c1)C(=O)NCC[N+](C)(C)CC. The number of benzene rings is 1. The van der Waals surface area contributed by atoms with Crippen LogP contribution in [-0.2, 0) is 16.0 Å². The zero-order valence-corrected chi connectivity index (χ0v) is 17.8. The molecular weight excluding hydrogens is 362 g/mol. The number of amides is 2. The zero-order chi connectivity index (χ0) is 21.3. The molecule has 2 amide bonds. The van der Waals surface area contributed by atoms with Crippen molar-refractivity contribution in [2.45, 2.75) is 20.3 Å². The minimum Gasteiger partial charge on any atom is -0.502 e. The van der Waals surface area contributed by atoms with Gasteiger partial charge in [-0.3, -0.25) is 9.59 Å². The maximum atomic E-state index is 12.7. The molecule has 3 N–H and O–H groups in total. The van der Waals surface area contributed by atoms with Crippen LogP contribution in [0.2, 0.25) is 0 Å². The van der Waals surface area contributed by atoms with Gasteiger partial charge in [-0.25, -0.2) is 0 Å². The Morgan fingerprint density at radius 2 is 1.61 bits per heavy atom. The Morgan fingerprint density at radius 1 is 1.07 bits per heavy atom. The summed E-state index contributed by atoms with van der Waals surface area (Å²) < 4.78 is 11.1. The number of nitrogens with zero attached hydrogens (tertiary/aromatic N) is 1. The molecule has 0 aliphatic carbocycles. The number of carbonyl (C=O) groups is 2. The van der Waals surface area contributed by atoms with Gasteiger partial charge in [0.2, 0.25) is 17.6 Å². The first-order valence-electron chi connectivity index (χ1n) is 9.50. The van der Waals surface area contributed by atoms with Crippen molar-refractivity contribution in [3.63, 3.8) is 0 Å². The van der Waals surface area contributed by atoms with Gasteiger partial charge in [0.15, 0.2) is 11.5 Å². The second kappa shape index (κ2) is 10.8. The molecule has 0 fully saturated rings. The largest absolute Gasteiger partial charge is 0.502 e. The summed E-state index contributed by atoms with van der Waals surface area (Å²) in [4.78, 5) is 25.2. The number of phenolic OH excluding ortho intramolecular Hbond substituents is 1. The average Bonchev–Trinajstić information content (AvgIpc) is 2.66. The molecule has 1 rings (SSSR count). The van der Waals surface area contributed by atoms with Gasteiger partial charge in [-0.05, 0) is 38.0 Å². The van der Waals surface area contributed by atoms with Crippen molar-refractivity contribution in [1.82, 2.24) is 10.6 Å². The lowest BCUT2D eigenvalue weighted by Gasteiger charge is -2.28. The maximum Gasteiger partial charge on any atom is 0.233 e. The number of ether oxygens (including phenoxy) is 2. The number of methoxy groups -OCH3 is 2. The van der Waals surface area contributed by atoms with Gasteiger partial charge in [0.1, 0.15) is 5.92 Å². The lowest BCUT2D eigenvalue weighted by atomic mass is 9.96. The minimum absolute atomic E-state index is 0.118. The zero-order valence-electron chi connectivity index (χ0n) is 17.8. The van der Waals surface area contributed by atoms with E-state index in [1.807, 2.05) is 0 Å². The fraction of sp³-hybridized carbons (Fsp3) is 0.600. The van der Waals surface area contributed by atoms with Crippen molar-refractivity contribution < 1.29 is 28.7 Å². The molecule has 28 heavy (non-hydrogen) atoms. The van der Waals surface area contributed by atoms with Gasteiger partial charge in [-0.2, -0.15) is 0 Å². The molecule has 0 aliphatic rings. The molecule has 0 saturated heterocycles. The van der Waals surface area contributed by atoms with Crippen molar-refractivity contribution in [1.29, 1.82) is 0 Å². The van der Waals surface area contributed by atoms with Gasteiger partial charge < -0.3 is 29.7 Å². The van der Waals surface area contributed by atoms with E-state index in [-0.39, 0.29) is 35.5 Å². The number of aromatic hydroxyl groups is 1. The lowest BCUT2D eigenvalue weighted by Crippen LogP contribution is -2.48. The molecule has 8 nitrogen and oxygen atoms in total. The number of hydrogen-bond acceptors (Lipinski definition) is 5. The first-order valence-corrected chi connectivity index (χ1v) is 9.50. The van der Waals surface area contributed by atoms with Crippen LogP contribution in [0.5, 0.6) is 17.2 Å². The van der Waals surface area contributed by atoms with Crippen LogP contribution in [0, 0.1) is 5.92 Å². The molecule has 0 spiro atoms. The second-order valence-electron chi connectivity index (χ2n) is 7.27. The smallest absolute Gasteiger partial charge is 0.233 e. The summed E-state index contributed by atoms with van der Waals surface area (Å²) in [6, 6.07) is 3.21. The third-order valence-electron chi connectivity index (χ3n) is 4.84. The Labute approximate surface area is 167 Å². The molecule has 0 aromatic heterocycles. The topological polar surface area (TPSA) is 96.9 Å². The third-order valence-corrected chi connectivity index (χ3v) is 4.84. The fourth-order valence-electron chi connectivity index (χ4n) is 2.67. The van der Waals surface area contributed by atoms with E-state index in [0.717, 1.165) is 17.6 Å². The number of likely N-dealkylation sites (N-methyl/N-ethyl adjacent to an activating group) is 1. The Hall–Kier alpha value is -2.48. The minimum atomic E-state index is -0.892. The predicted octanol–water partition coefficient (Wildman–Crippen LogP) is 0.917. The molecule has 0 saturated carbocycles. The van der Waals surface area contributed by atoms with Crippen LogP contribution in [0.4, 0.5) is 0 Å². The van der Waals surface area contributed by atoms with Crippen LogP contribution >= 0.6 is 0 Å². The summed E-state index contributed by atoms with van der Waals surface area (Å²) in [6.45, 7) is 6.53. The van der Waals surface area contributed by atoms with E-state index in [2.05, 4.69) is 31.7 Å². The van der Waals surface area contributed by atoms with E-state index >= 15 is 0 Å². The van der Waals surface area contributed by atoms with Gasteiger partial charge in [0.05, 0.1) is 47.9 Å². The monoisotopic (exact) mass is 396 g/mol. The highest BCUT2D eigenvalue weighted by atomic mass is 16.5. The van der Waals surface area contributed by atoms with E-state index in [1.165, 1.54) is 14.2 Å². The Kier molecular flexibility index (Phi) is 9.05. The molecule has 0 heterocycles. The van der Waals surface area contributed by atoms with Crippen LogP contribution in [0.3, 0.4) is 0 Å². The molecular formula is C20H34N3O5+. The molecule has 0 bridgehead atoms. The van der Waals surface area contributed by atoms with E-state index < -0.39 is 5.92 Å². The first-order chi connectivity index (χ1) is 13.2. The molecule has 1 aromatic carbocycles. The summed E-state index contributed by atoms with van der Waals surface area (Å²) in [5.41, 5.74) is 0.655.